The standard InChI is InChI=1S/C12H19NO2/c1-11(2,3)10(14)13-12(4,5)9-7-6-8-15-9/h6-8H,1-5H3,(H,13,14). The minimum atomic E-state index is -0.464. The van der Waals surface area contributed by atoms with E-state index in [-0.39, 0.29) is 11.3 Å². The zero-order chi connectivity index (χ0) is 11.7. The van der Waals surface area contributed by atoms with Gasteiger partial charge in [0.15, 0.2) is 0 Å². The van der Waals surface area contributed by atoms with Crippen molar-refractivity contribution >= 4 is 5.91 Å². The van der Waals surface area contributed by atoms with Crippen LogP contribution in [0, 0.1) is 5.41 Å². The van der Waals surface area contributed by atoms with Gasteiger partial charge in [-0.05, 0) is 26.0 Å². The number of carbonyl (C=O) groups is 1. The number of nitrogens with one attached hydrogen (secondary N) is 1. The van der Waals surface area contributed by atoms with Crippen LogP contribution in [-0.4, -0.2) is 5.91 Å². The first-order chi connectivity index (χ1) is 6.73. The summed E-state index contributed by atoms with van der Waals surface area (Å²) in [5.41, 5.74) is -0.849. The lowest BCUT2D eigenvalue weighted by Gasteiger charge is -2.28. The van der Waals surface area contributed by atoms with E-state index in [1.54, 1.807) is 6.26 Å². The second kappa shape index (κ2) is 3.72. The predicted molar refractivity (Wildman–Crippen MR) is 59.3 cm³/mol. The molecule has 1 aromatic rings. The van der Waals surface area contributed by atoms with E-state index in [4.69, 9.17) is 4.42 Å². The van der Waals surface area contributed by atoms with Crippen molar-refractivity contribution in [3.63, 3.8) is 0 Å². The average molecular weight is 209 g/mol. The summed E-state index contributed by atoms with van der Waals surface area (Å²) < 4.78 is 5.30. The van der Waals surface area contributed by atoms with Crippen LogP contribution in [0.5, 0.6) is 0 Å². The van der Waals surface area contributed by atoms with E-state index in [2.05, 4.69) is 5.32 Å². The first-order valence-corrected chi connectivity index (χ1v) is 5.10. The highest BCUT2D eigenvalue weighted by molar-refractivity contribution is 5.82. The maximum atomic E-state index is 11.8. The first kappa shape index (κ1) is 11.8. The van der Waals surface area contributed by atoms with Crippen LogP contribution in [0.2, 0.25) is 0 Å². The lowest BCUT2D eigenvalue weighted by atomic mass is 9.92. The molecule has 0 aliphatic heterocycles. The molecule has 0 aromatic carbocycles. The Labute approximate surface area is 90.9 Å². The summed E-state index contributed by atoms with van der Waals surface area (Å²) in [7, 11) is 0. The van der Waals surface area contributed by atoms with Gasteiger partial charge in [0, 0.05) is 5.41 Å². The lowest BCUT2D eigenvalue weighted by Crippen LogP contribution is -2.46. The molecule has 84 valence electrons. The molecule has 0 bridgehead atoms. The summed E-state index contributed by atoms with van der Waals surface area (Å²) in [4.78, 5) is 11.8. The van der Waals surface area contributed by atoms with Crippen molar-refractivity contribution in [2.24, 2.45) is 5.41 Å². The molecule has 3 nitrogen and oxygen atoms in total. The third-order valence-electron chi connectivity index (χ3n) is 2.24. The molecule has 0 unspecified atom stereocenters. The van der Waals surface area contributed by atoms with Crippen LogP contribution in [0.15, 0.2) is 22.8 Å². The molecule has 3 heteroatoms. The van der Waals surface area contributed by atoms with Crippen LogP contribution in [-0.2, 0) is 10.3 Å². The second-order valence-electron chi connectivity index (χ2n) is 5.31. The fraction of sp³-hybridized carbons (Fsp3) is 0.583. The van der Waals surface area contributed by atoms with Crippen LogP contribution in [0.1, 0.15) is 40.4 Å². The summed E-state index contributed by atoms with van der Waals surface area (Å²) in [5.74, 6) is 0.781. The molecule has 0 atom stereocenters. The second-order valence-corrected chi connectivity index (χ2v) is 5.31. The van der Waals surface area contributed by atoms with Crippen molar-refractivity contribution in [1.29, 1.82) is 0 Å². The Hall–Kier alpha value is -1.25. The third kappa shape index (κ3) is 2.85. The summed E-state index contributed by atoms with van der Waals surface area (Å²) >= 11 is 0. The van der Waals surface area contributed by atoms with Gasteiger partial charge in [0.2, 0.25) is 5.91 Å². The van der Waals surface area contributed by atoms with E-state index < -0.39 is 5.54 Å². The summed E-state index contributed by atoms with van der Waals surface area (Å²) in [6.07, 6.45) is 1.61. The van der Waals surface area contributed by atoms with Gasteiger partial charge in [-0.15, -0.1) is 0 Å². The Morgan fingerprint density at radius 3 is 2.27 bits per heavy atom. The Kier molecular flexibility index (Phi) is 2.93. The molecular weight excluding hydrogens is 190 g/mol. The number of rotatable bonds is 2. The maximum Gasteiger partial charge on any atom is 0.226 e. The smallest absolute Gasteiger partial charge is 0.226 e. The molecule has 0 saturated heterocycles. The largest absolute Gasteiger partial charge is 0.467 e. The van der Waals surface area contributed by atoms with Crippen molar-refractivity contribution < 1.29 is 9.21 Å². The molecule has 0 aliphatic carbocycles. The molecule has 1 rings (SSSR count). The number of carbonyl (C=O) groups excluding carboxylic acids is 1. The number of hydrogen-bond acceptors (Lipinski definition) is 2. The van der Waals surface area contributed by atoms with Crippen LogP contribution < -0.4 is 5.32 Å². The van der Waals surface area contributed by atoms with Crippen molar-refractivity contribution in [2.75, 3.05) is 0 Å². The van der Waals surface area contributed by atoms with E-state index in [1.807, 2.05) is 46.8 Å². The van der Waals surface area contributed by atoms with Crippen molar-refractivity contribution in [1.82, 2.24) is 5.32 Å². The molecule has 0 saturated carbocycles. The van der Waals surface area contributed by atoms with Gasteiger partial charge < -0.3 is 9.73 Å². The van der Waals surface area contributed by atoms with Crippen molar-refractivity contribution in [2.45, 2.75) is 40.2 Å². The predicted octanol–water partition coefficient (Wildman–Crippen LogP) is 2.68. The van der Waals surface area contributed by atoms with Gasteiger partial charge in [0.05, 0.1) is 11.8 Å². The van der Waals surface area contributed by atoms with Crippen molar-refractivity contribution in [3.05, 3.63) is 24.2 Å². The van der Waals surface area contributed by atoms with Crippen LogP contribution in [0.4, 0.5) is 0 Å². The monoisotopic (exact) mass is 209 g/mol. The van der Waals surface area contributed by atoms with E-state index in [1.165, 1.54) is 0 Å². The molecule has 0 spiro atoms. The van der Waals surface area contributed by atoms with Crippen LogP contribution in [0.25, 0.3) is 0 Å². The summed E-state index contributed by atoms with van der Waals surface area (Å²) in [6, 6.07) is 3.68. The molecule has 0 aliphatic rings. The SMILES string of the molecule is CC(C)(C)C(=O)NC(C)(C)c1ccco1. The Bertz CT molecular complexity index is 331. The van der Waals surface area contributed by atoms with Crippen LogP contribution in [0.3, 0.4) is 0 Å². The zero-order valence-electron chi connectivity index (χ0n) is 10.0. The Morgan fingerprint density at radius 1 is 1.27 bits per heavy atom. The van der Waals surface area contributed by atoms with E-state index in [0.29, 0.717) is 0 Å². The molecule has 1 aromatic heterocycles. The molecule has 15 heavy (non-hydrogen) atoms. The highest BCUT2D eigenvalue weighted by Crippen LogP contribution is 2.23. The number of furan rings is 1. The molecule has 1 heterocycles. The third-order valence-corrected chi connectivity index (χ3v) is 2.24. The fourth-order valence-electron chi connectivity index (χ4n) is 1.17. The van der Waals surface area contributed by atoms with E-state index in [0.717, 1.165) is 5.76 Å². The van der Waals surface area contributed by atoms with Gasteiger partial charge in [-0.25, -0.2) is 0 Å². The topological polar surface area (TPSA) is 42.2 Å². The van der Waals surface area contributed by atoms with Gasteiger partial charge in [0.25, 0.3) is 0 Å². The summed E-state index contributed by atoms with van der Waals surface area (Å²) in [5, 5.41) is 2.97. The quantitative estimate of drug-likeness (QED) is 0.813. The van der Waals surface area contributed by atoms with Gasteiger partial charge in [-0.3, -0.25) is 4.79 Å². The first-order valence-electron chi connectivity index (χ1n) is 5.10. The normalized spacial score (nSPS) is 12.6. The van der Waals surface area contributed by atoms with Gasteiger partial charge >= 0.3 is 0 Å². The molecular formula is C12H19NO2. The fourth-order valence-corrected chi connectivity index (χ4v) is 1.17. The maximum absolute atomic E-state index is 11.8. The Balaban J connectivity index is 2.78. The van der Waals surface area contributed by atoms with E-state index >= 15 is 0 Å². The number of amides is 1. The van der Waals surface area contributed by atoms with E-state index in [9.17, 15) is 4.79 Å². The van der Waals surface area contributed by atoms with Gasteiger partial charge in [-0.2, -0.15) is 0 Å². The number of hydrogen-bond donors (Lipinski definition) is 1. The molecule has 1 amide bonds. The Morgan fingerprint density at radius 2 is 1.87 bits per heavy atom. The van der Waals surface area contributed by atoms with Gasteiger partial charge in [-0.1, -0.05) is 20.8 Å². The van der Waals surface area contributed by atoms with Crippen LogP contribution >= 0.6 is 0 Å². The highest BCUT2D eigenvalue weighted by atomic mass is 16.3. The van der Waals surface area contributed by atoms with Crippen molar-refractivity contribution in [3.8, 4) is 0 Å². The minimum absolute atomic E-state index is 0.0175. The average Bonchev–Trinajstić information content (AvgIpc) is 2.52. The molecule has 0 radical (unpaired) electrons. The van der Waals surface area contributed by atoms with Gasteiger partial charge in [0.1, 0.15) is 5.76 Å². The molecule has 1 N–H and O–H groups in total. The zero-order valence-corrected chi connectivity index (χ0v) is 10.0. The minimum Gasteiger partial charge on any atom is -0.467 e. The highest BCUT2D eigenvalue weighted by Gasteiger charge is 2.30. The molecule has 0 fully saturated rings. The lowest BCUT2D eigenvalue weighted by molar-refractivity contribution is -0.130. The summed E-state index contributed by atoms with van der Waals surface area (Å²) in [6.45, 7) is 9.52.